The highest BCUT2D eigenvalue weighted by molar-refractivity contribution is 7.16. The zero-order chi connectivity index (χ0) is 28.4. The summed E-state index contributed by atoms with van der Waals surface area (Å²) in [7, 11) is 0. The number of ether oxygens (including phenoxy) is 1. The van der Waals surface area contributed by atoms with Gasteiger partial charge in [-0.15, -0.1) is 11.3 Å². The maximum atomic E-state index is 15.0. The molecule has 12 heteroatoms. The number of hydrogen-bond donors (Lipinski definition) is 1. The van der Waals surface area contributed by atoms with Crippen LogP contribution in [-0.2, 0) is 0 Å². The van der Waals surface area contributed by atoms with Crippen molar-refractivity contribution in [3.8, 4) is 28.1 Å². The van der Waals surface area contributed by atoms with Gasteiger partial charge in [-0.25, -0.2) is 23.4 Å². The van der Waals surface area contributed by atoms with Gasteiger partial charge in [0.2, 0.25) is 0 Å². The number of nitrogen functional groups attached to an aromatic ring is 1. The van der Waals surface area contributed by atoms with E-state index in [4.69, 9.17) is 27.2 Å². The predicted octanol–water partition coefficient (Wildman–Crippen LogP) is 6.50. The molecule has 0 amide bonds. The lowest BCUT2D eigenvalue weighted by Crippen LogP contribution is -2.20. The Morgan fingerprint density at radius 1 is 1.12 bits per heavy atom. The van der Waals surface area contributed by atoms with Crippen LogP contribution in [0.1, 0.15) is 31.4 Å². The highest BCUT2D eigenvalue weighted by atomic mass is 35.5. The molecular formula is C29H21ClF2N6O2S. The van der Waals surface area contributed by atoms with E-state index in [1.165, 1.54) is 40.3 Å². The lowest BCUT2D eigenvalue weighted by molar-refractivity contribution is 0.287. The van der Waals surface area contributed by atoms with Gasteiger partial charge in [-0.1, -0.05) is 23.7 Å². The van der Waals surface area contributed by atoms with Gasteiger partial charge in [0.05, 0.1) is 23.1 Å². The summed E-state index contributed by atoms with van der Waals surface area (Å²) in [5, 5.41) is 7.20. The summed E-state index contributed by atoms with van der Waals surface area (Å²) in [6.45, 7) is 1.85. The minimum atomic E-state index is -0.584. The standard InChI is InChI=1S/C29H21ClF2N6O2S/c1-14(19-11-23-37(22(30)12-41-23)29(39)24(19)15-3-2-4-17(31)9-15)38-28-25(27(33)34-13-35-28)26(36-38)16-5-8-21(20(32)10-16)40-18-6-7-18/h2-5,8-14,18H,6-7H2,1H3,(H2,33,34,35). The molecule has 0 aliphatic heterocycles. The van der Waals surface area contributed by atoms with Gasteiger partial charge in [0.15, 0.2) is 17.2 Å². The van der Waals surface area contributed by atoms with E-state index in [0.717, 1.165) is 12.8 Å². The highest BCUT2D eigenvalue weighted by Gasteiger charge is 2.27. The van der Waals surface area contributed by atoms with Gasteiger partial charge in [-0.3, -0.25) is 9.20 Å². The summed E-state index contributed by atoms with van der Waals surface area (Å²) in [5.41, 5.74) is 8.40. The van der Waals surface area contributed by atoms with Crippen molar-refractivity contribution in [1.82, 2.24) is 24.1 Å². The quantitative estimate of drug-likeness (QED) is 0.238. The Kier molecular flexibility index (Phi) is 6.02. The van der Waals surface area contributed by atoms with Gasteiger partial charge in [-0.2, -0.15) is 5.10 Å². The molecule has 41 heavy (non-hydrogen) atoms. The largest absolute Gasteiger partial charge is 0.487 e. The summed E-state index contributed by atoms with van der Waals surface area (Å²) in [4.78, 5) is 23.0. The van der Waals surface area contributed by atoms with Crippen LogP contribution < -0.4 is 16.0 Å². The number of anilines is 1. The fraction of sp³-hybridized carbons (Fsp3) is 0.172. The second-order valence-corrected chi connectivity index (χ2v) is 11.2. The van der Waals surface area contributed by atoms with Crippen molar-refractivity contribution in [3.63, 3.8) is 0 Å². The van der Waals surface area contributed by atoms with Crippen LogP contribution in [0.25, 0.3) is 38.2 Å². The van der Waals surface area contributed by atoms with E-state index in [9.17, 15) is 9.18 Å². The van der Waals surface area contributed by atoms with E-state index < -0.39 is 17.7 Å². The van der Waals surface area contributed by atoms with Crippen LogP contribution in [0.2, 0.25) is 5.15 Å². The van der Waals surface area contributed by atoms with E-state index in [1.54, 1.807) is 34.3 Å². The number of rotatable bonds is 6. The van der Waals surface area contributed by atoms with Crippen LogP contribution in [0.15, 0.2) is 65.0 Å². The van der Waals surface area contributed by atoms with Gasteiger partial charge in [-0.05, 0) is 67.3 Å². The third kappa shape index (κ3) is 4.32. The number of nitrogens with zero attached hydrogens (tertiary/aromatic N) is 5. The Balaban J connectivity index is 1.44. The van der Waals surface area contributed by atoms with Crippen LogP contribution in [0.5, 0.6) is 5.75 Å². The van der Waals surface area contributed by atoms with E-state index in [0.29, 0.717) is 38.2 Å². The molecule has 4 heterocycles. The Bertz CT molecular complexity index is 2050. The molecule has 7 rings (SSSR count). The number of benzene rings is 2. The van der Waals surface area contributed by atoms with Crippen LogP contribution in [0.3, 0.4) is 0 Å². The number of hydrogen-bond acceptors (Lipinski definition) is 7. The van der Waals surface area contributed by atoms with E-state index in [2.05, 4.69) is 9.97 Å². The smallest absolute Gasteiger partial charge is 0.265 e. The first-order chi connectivity index (χ1) is 19.8. The molecule has 0 bridgehead atoms. The molecule has 206 valence electrons. The average Bonchev–Trinajstić information content (AvgIpc) is 3.56. The van der Waals surface area contributed by atoms with Crippen molar-refractivity contribution in [2.45, 2.75) is 31.9 Å². The Morgan fingerprint density at radius 3 is 2.71 bits per heavy atom. The number of aromatic nitrogens is 5. The highest BCUT2D eigenvalue weighted by Crippen LogP contribution is 2.38. The van der Waals surface area contributed by atoms with Crippen molar-refractivity contribution in [3.05, 3.63) is 92.9 Å². The molecule has 2 aromatic carbocycles. The molecule has 8 nitrogen and oxygen atoms in total. The van der Waals surface area contributed by atoms with Gasteiger partial charge in [0.1, 0.15) is 33.6 Å². The van der Waals surface area contributed by atoms with Crippen LogP contribution >= 0.6 is 22.9 Å². The number of thiazole rings is 1. The number of nitrogens with two attached hydrogens (primary N) is 1. The van der Waals surface area contributed by atoms with Gasteiger partial charge in [0, 0.05) is 10.9 Å². The SMILES string of the molecule is CC(c1cc2scc(Cl)n2c(=O)c1-c1cccc(F)c1)n1nc(-c2ccc(OC3CC3)c(F)c2)c2c(N)ncnc21. The zero-order valence-electron chi connectivity index (χ0n) is 21.5. The van der Waals surface area contributed by atoms with Crippen molar-refractivity contribution in [2.24, 2.45) is 0 Å². The van der Waals surface area contributed by atoms with Crippen molar-refractivity contribution in [2.75, 3.05) is 5.73 Å². The molecule has 0 saturated heterocycles. The van der Waals surface area contributed by atoms with Crippen LogP contribution in [-0.4, -0.2) is 30.3 Å². The van der Waals surface area contributed by atoms with E-state index in [-0.39, 0.29) is 33.9 Å². The maximum absolute atomic E-state index is 15.0. The molecule has 1 aliphatic carbocycles. The molecular weight excluding hydrogens is 570 g/mol. The number of fused-ring (bicyclic) bond motifs is 2. The molecule has 0 spiro atoms. The third-order valence-electron chi connectivity index (χ3n) is 7.17. The minimum Gasteiger partial charge on any atom is -0.487 e. The second-order valence-electron chi connectivity index (χ2n) is 9.91. The number of halogens is 3. The fourth-order valence-electron chi connectivity index (χ4n) is 5.03. The first-order valence-electron chi connectivity index (χ1n) is 12.8. The topological polar surface area (TPSA) is 100 Å². The van der Waals surface area contributed by atoms with E-state index >= 15 is 4.39 Å². The fourth-order valence-corrected chi connectivity index (χ4v) is 6.18. The average molecular weight is 591 g/mol. The molecule has 2 N–H and O–H groups in total. The number of pyridine rings is 1. The van der Waals surface area contributed by atoms with Gasteiger partial charge in [0.25, 0.3) is 5.56 Å². The normalized spacial score (nSPS) is 14.1. The van der Waals surface area contributed by atoms with Crippen LogP contribution in [0.4, 0.5) is 14.6 Å². The maximum Gasteiger partial charge on any atom is 0.265 e. The molecule has 1 saturated carbocycles. The molecule has 1 unspecified atom stereocenters. The molecule has 4 aromatic heterocycles. The third-order valence-corrected chi connectivity index (χ3v) is 8.46. The Hall–Kier alpha value is -4.35. The van der Waals surface area contributed by atoms with Crippen molar-refractivity contribution >= 4 is 44.6 Å². The summed E-state index contributed by atoms with van der Waals surface area (Å²) in [6.07, 6.45) is 3.19. The molecule has 0 radical (unpaired) electrons. The molecule has 1 fully saturated rings. The Morgan fingerprint density at radius 2 is 1.95 bits per heavy atom. The minimum absolute atomic E-state index is 0.0483. The molecule has 1 atom stereocenters. The predicted molar refractivity (Wildman–Crippen MR) is 155 cm³/mol. The first-order valence-corrected chi connectivity index (χ1v) is 14.1. The lowest BCUT2D eigenvalue weighted by atomic mass is 9.97. The summed E-state index contributed by atoms with van der Waals surface area (Å²) >= 11 is 7.66. The first kappa shape index (κ1) is 25.6. The second kappa shape index (κ2) is 9.64. The monoisotopic (exact) mass is 590 g/mol. The van der Waals surface area contributed by atoms with Gasteiger partial charge >= 0.3 is 0 Å². The Labute approximate surface area is 240 Å². The lowest BCUT2D eigenvalue weighted by Gasteiger charge is -2.18. The van der Waals surface area contributed by atoms with Crippen molar-refractivity contribution in [1.29, 1.82) is 0 Å². The summed E-state index contributed by atoms with van der Waals surface area (Å²) in [6, 6.07) is 11.7. The summed E-state index contributed by atoms with van der Waals surface area (Å²) in [5.74, 6) is -0.638. The summed E-state index contributed by atoms with van der Waals surface area (Å²) < 4.78 is 38.0. The van der Waals surface area contributed by atoms with Crippen molar-refractivity contribution < 1.29 is 13.5 Å². The molecule has 1 aliphatic rings. The van der Waals surface area contributed by atoms with Crippen LogP contribution in [0, 0.1) is 11.6 Å². The van der Waals surface area contributed by atoms with E-state index in [1.807, 2.05) is 13.0 Å². The molecule has 6 aromatic rings. The van der Waals surface area contributed by atoms with Gasteiger partial charge < -0.3 is 10.5 Å². The zero-order valence-corrected chi connectivity index (χ0v) is 23.1.